The molecule has 0 radical (unpaired) electrons. The van der Waals surface area contributed by atoms with Crippen LogP contribution >= 0.6 is 15.9 Å². The van der Waals surface area contributed by atoms with Crippen molar-refractivity contribution in [2.75, 3.05) is 13.2 Å². The molecule has 0 heterocycles. The number of hydrogen-bond donors (Lipinski definition) is 1. The van der Waals surface area contributed by atoms with Crippen LogP contribution in [0.15, 0.2) is 28.7 Å². The van der Waals surface area contributed by atoms with E-state index >= 15 is 0 Å². The van der Waals surface area contributed by atoms with Crippen LogP contribution in [0.2, 0.25) is 0 Å². The highest BCUT2D eigenvalue weighted by Gasteiger charge is 1.93. The quantitative estimate of drug-likeness (QED) is 0.772. The van der Waals surface area contributed by atoms with Gasteiger partial charge in [-0.2, -0.15) is 0 Å². The van der Waals surface area contributed by atoms with Gasteiger partial charge in [0.1, 0.15) is 5.75 Å². The van der Waals surface area contributed by atoms with E-state index in [-0.39, 0.29) is 0 Å². The molecule has 0 fully saturated rings. The van der Waals surface area contributed by atoms with Crippen molar-refractivity contribution in [1.82, 2.24) is 0 Å². The van der Waals surface area contributed by atoms with E-state index in [1.807, 2.05) is 24.3 Å². The third-order valence-corrected chi connectivity index (χ3v) is 2.66. The largest absolute Gasteiger partial charge is 0.494 e. The first-order valence-corrected chi connectivity index (χ1v) is 6.11. The van der Waals surface area contributed by atoms with Crippen molar-refractivity contribution in [1.29, 1.82) is 0 Å². The fourth-order valence-corrected chi connectivity index (χ4v) is 1.55. The first-order valence-electron chi connectivity index (χ1n) is 5.32. The summed E-state index contributed by atoms with van der Waals surface area (Å²) in [6, 6.07) is 7.86. The molecular weight excluding hydrogens is 256 g/mol. The van der Waals surface area contributed by atoms with Crippen molar-refractivity contribution in [3.63, 3.8) is 0 Å². The summed E-state index contributed by atoms with van der Waals surface area (Å²) in [6.07, 6.45) is 4.16. The maximum Gasteiger partial charge on any atom is 0.119 e. The van der Waals surface area contributed by atoms with Gasteiger partial charge in [-0.3, -0.25) is 0 Å². The Morgan fingerprint density at radius 2 is 1.67 bits per heavy atom. The van der Waals surface area contributed by atoms with Crippen molar-refractivity contribution in [2.24, 2.45) is 0 Å². The molecule has 0 aliphatic heterocycles. The van der Waals surface area contributed by atoms with E-state index in [9.17, 15) is 0 Å². The minimum Gasteiger partial charge on any atom is -0.494 e. The summed E-state index contributed by atoms with van der Waals surface area (Å²) in [4.78, 5) is 0. The zero-order chi connectivity index (χ0) is 10.9. The molecule has 1 N–H and O–H groups in total. The van der Waals surface area contributed by atoms with Crippen molar-refractivity contribution in [2.45, 2.75) is 25.7 Å². The van der Waals surface area contributed by atoms with Gasteiger partial charge < -0.3 is 9.84 Å². The Morgan fingerprint density at radius 3 is 2.33 bits per heavy atom. The van der Waals surface area contributed by atoms with Gasteiger partial charge in [-0.15, -0.1) is 0 Å². The summed E-state index contributed by atoms with van der Waals surface area (Å²) >= 11 is 3.38. The highest BCUT2D eigenvalue weighted by molar-refractivity contribution is 9.10. The number of unbranched alkanes of at least 4 members (excludes halogenated alkanes) is 3. The van der Waals surface area contributed by atoms with Crippen LogP contribution in [0.5, 0.6) is 5.75 Å². The Morgan fingerprint density at radius 1 is 1.00 bits per heavy atom. The molecule has 84 valence electrons. The van der Waals surface area contributed by atoms with Crippen LogP contribution in [0.1, 0.15) is 25.7 Å². The van der Waals surface area contributed by atoms with Crippen LogP contribution < -0.4 is 4.74 Å². The molecule has 15 heavy (non-hydrogen) atoms. The van der Waals surface area contributed by atoms with E-state index in [1.165, 1.54) is 0 Å². The number of halogens is 1. The van der Waals surface area contributed by atoms with Gasteiger partial charge in [0, 0.05) is 11.1 Å². The number of rotatable bonds is 7. The van der Waals surface area contributed by atoms with E-state index in [4.69, 9.17) is 9.84 Å². The van der Waals surface area contributed by atoms with Gasteiger partial charge in [0.15, 0.2) is 0 Å². The van der Waals surface area contributed by atoms with Crippen molar-refractivity contribution in [3.8, 4) is 5.75 Å². The molecule has 0 bridgehead atoms. The molecular formula is C12H17BrO2. The van der Waals surface area contributed by atoms with Crippen LogP contribution in [0.25, 0.3) is 0 Å². The second-order valence-electron chi connectivity index (χ2n) is 3.44. The van der Waals surface area contributed by atoms with E-state index < -0.39 is 0 Å². The third kappa shape index (κ3) is 5.80. The van der Waals surface area contributed by atoms with Crippen LogP contribution in [0, 0.1) is 0 Å². The summed E-state index contributed by atoms with van der Waals surface area (Å²) in [5.41, 5.74) is 0. The molecule has 0 spiro atoms. The van der Waals surface area contributed by atoms with E-state index in [2.05, 4.69) is 15.9 Å². The lowest BCUT2D eigenvalue weighted by Gasteiger charge is -2.05. The first-order chi connectivity index (χ1) is 7.33. The fourth-order valence-electron chi connectivity index (χ4n) is 1.29. The Hall–Kier alpha value is -0.540. The maximum atomic E-state index is 8.59. The summed E-state index contributed by atoms with van der Waals surface area (Å²) in [5, 5.41) is 8.59. The standard InChI is InChI=1S/C12H17BrO2/c13-11-5-7-12(8-6-11)15-10-4-2-1-3-9-14/h5-8,14H,1-4,9-10H2. The average Bonchev–Trinajstić information content (AvgIpc) is 2.26. The van der Waals surface area contributed by atoms with Gasteiger partial charge in [-0.25, -0.2) is 0 Å². The van der Waals surface area contributed by atoms with Crippen LogP contribution in [0.3, 0.4) is 0 Å². The van der Waals surface area contributed by atoms with Gasteiger partial charge >= 0.3 is 0 Å². The first kappa shape index (κ1) is 12.5. The molecule has 0 unspecified atom stereocenters. The topological polar surface area (TPSA) is 29.5 Å². The van der Waals surface area contributed by atoms with Gasteiger partial charge in [-0.05, 0) is 43.5 Å². The Bertz CT molecular complexity index is 259. The number of aliphatic hydroxyl groups is 1. The Kier molecular flexibility index (Phi) is 6.44. The van der Waals surface area contributed by atoms with Crippen LogP contribution in [-0.2, 0) is 0 Å². The molecule has 0 amide bonds. The smallest absolute Gasteiger partial charge is 0.119 e. The molecule has 0 aromatic heterocycles. The minimum absolute atomic E-state index is 0.299. The van der Waals surface area contributed by atoms with Crippen LogP contribution in [-0.4, -0.2) is 18.3 Å². The highest BCUT2D eigenvalue weighted by atomic mass is 79.9. The molecule has 1 aromatic carbocycles. The maximum absolute atomic E-state index is 8.59. The normalized spacial score (nSPS) is 10.3. The molecule has 1 aromatic rings. The predicted octanol–water partition coefficient (Wildman–Crippen LogP) is 3.38. The number of hydrogen-bond acceptors (Lipinski definition) is 2. The molecule has 0 saturated heterocycles. The molecule has 3 heteroatoms. The fraction of sp³-hybridized carbons (Fsp3) is 0.500. The SMILES string of the molecule is OCCCCCCOc1ccc(Br)cc1. The van der Waals surface area contributed by atoms with Crippen molar-refractivity contribution >= 4 is 15.9 Å². The van der Waals surface area contributed by atoms with E-state index in [0.717, 1.165) is 42.5 Å². The summed E-state index contributed by atoms with van der Waals surface area (Å²) in [6.45, 7) is 1.06. The van der Waals surface area contributed by atoms with Gasteiger partial charge in [-0.1, -0.05) is 22.4 Å². The molecule has 2 nitrogen and oxygen atoms in total. The lowest BCUT2D eigenvalue weighted by Crippen LogP contribution is -1.97. The zero-order valence-corrected chi connectivity index (χ0v) is 10.4. The van der Waals surface area contributed by atoms with E-state index in [1.54, 1.807) is 0 Å². The summed E-state index contributed by atoms with van der Waals surface area (Å²) < 4.78 is 6.63. The predicted molar refractivity (Wildman–Crippen MR) is 65.2 cm³/mol. The van der Waals surface area contributed by atoms with Crippen molar-refractivity contribution in [3.05, 3.63) is 28.7 Å². The van der Waals surface area contributed by atoms with Crippen LogP contribution in [0.4, 0.5) is 0 Å². The molecule has 1 rings (SSSR count). The lowest BCUT2D eigenvalue weighted by atomic mass is 10.2. The van der Waals surface area contributed by atoms with Gasteiger partial charge in [0.2, 0.25) is 0 Å². The number of aliphatic hydroxyl groups excluding tert-OH is 1. The average molecular weight is 273 g/mol. The second kappa shape index (κ2) is 7.71. The third-order valence-electron chi connectivity index (χ3n) is 2.13. The summed E-state index contributed by atoms with van der Waals surface area (Å²) in [5.74, 6) is 0.917. The Labute approximate surface area is 99.4 Å². The van der Waals surface area contributed by atoms with Gasteiger partial charge in [0.25, 0.3) is 0 Å². The number of benzene rings is 1. The monoisotopic (exact) mass is 272 g/mol. The minimum atomic E-state index is 0.299. The molecule has 0 saturated carbocycles. The molecule has 0 atom stereocenters. The Balaban J connectivity index is 2.07. The lowest BCUT2D eigenvalue weighted by molar-refractivity contribution is 0.273. The van der Waals surface area contributed by atoms with Gasteiger partial charge in [0.05, 0.1) is 6.61 Å². The number of ether oxygens (including phenoxy) is 1. The zero-order valence-electron chi connectivity index (χ0n) is 8.79. The second-order valence-corrected chi connectivity index (χ2v) is 4.36. The molecule has 0 aliphatic carbocycles. The summed E-state index contributed by atoms with van der Waals surface area (Å²) in [7, 11) is 0. The van der Waals surface area contributed by atoms with E-state index in [0.29, 0.717) is 6.61 Å². The van der Waals surface area contributed by atoms with Crippen molar-refractivity contribution < 1.29 is 9.84 Å². The molecule has 0 aliphatic rings. The highest BCUT2D eigenvalue weighted by Crippen LogP contribution is 2.16.